The van der Waals surface area contributed by atoms with Crippen molar-refractivity contribution in [3.05, 3.63) is 59.9 Å². The quantitative estimate of drug-likeness (QED) is 0.516. The summed E-state index contributed by atoms with van der Waals surface area (Å²) in [6.07, 6.45) is -4.01. The molecule has 1 fully saturated rings. The molecule has 0 radical (unpaired) electrons. The predicted octanol–water partition coefficient (Wildman–Crippen LogP) is 2.70. The molecule has 0 unspecified atom stereocenters. The molecule has 36 heavy (non-hydrogen) atoms. The molecule has 3 heterocycles. The predicted molar refractivity (Wildman–Crippen MR) is 105 cm³/mol. The Balaban J connectivity index is 0.000000383. The molecule has 0 spiro atoms. The van der Waals surface area contributed by atoms with Crippen LogP contribution in [0.4, 0.5) is 30.7 Å². The van der Waals surface area contributed by atoms with Crippen molar-refractivity contribution in [2.45, 2.75) is 37.3 Å². The van der Waals surface area contributed by atoms with Crippen molar-refractivity contribution in [2.24, 2.45) is 0 Å². The zero-order chi connectivity index (χ0) is 27.7. The van der Waals surface area contributed by atoms with Crippen LogP contribution in [0.25, 0.3) is 0 Å². The molecule has 2 aromatic rings. The van der Waals surface area contributed by atoms with E-state index in [1.165, 1.54) is 17.2 Å². The van der Waals surface area contributed by atoms with Crippen LogP contribution in [0.1, 0.15) is 22.3 Å². The largest absolute Gasteiger partial charge is 0.490 e. The molecule has 1 aliphatic heterocycles. The summed E-state index contributed by atoms with van der Waals surface area (Å²) >= 11 is 0. The first-order valence-electron chi connectivity index (χ1n) is 9.63. The lowest BCUT2D eigenvalue weighted by Crippen LogP contribution is -2.41. The van der Waals surface area contributed by atoms with Gasteiger partial charge in [-0.15, -0.1) is 0 Å². The number of aromatic nitrogens is 2. The summed E-state index contributed by atoms with van der Waals surface area (Å²) in [6, 6.07) is 4.70. The van der Waals surface area contributed by atoms with Crippen molar-refractivity contribution < 1.29 is 60.4 Å². The molecule has 1 saturated heterocycles. The fourth-order valence-electron chi connectivity index (χ4n) is 2.80. The Bertz CT molecular complexity index is 1010. The molecule has 3 N–H and O–H groups in total. The first-order valence-corrected chi connectivity index (χ1v) is 9.63. The summed E-state index contributed by atoms with van der Waals surface area (Å²) in [4.78, 5) is 39.6. The number of pyridine rings is 2. The second-order valence-electron chi connectivity index (χ2n) is 6.95. The molecule has 1 amide bonds. The van der Waals surface area contributed by atoms with E-state index < -0.39 is 42.1 Å². The molecular weight excluding hydrogens is 511 g/mol. The minimum atomic E-state index is -5.08. The Morgan fingerprint density at radius 1 is 0.944 bits per heavy atom. The number of hydrogen-bond acceptors (Lipinski definition) is 6. The van der Waals surface area contributed by atoms with E-state index in [0.717, 1.165) is 11.8 Å². The van der Waals surface area contributed by atoms with E-state index >= 15 is 0 Å². The van der Waals surface area contributed by atoms with Gasteiger partial charge in [0.05, 0.1) is 23.9 Å². The molecule has 0 aliphatic carbocycles. The third-order valence-corrected chi connectivity index (χ3v) is 4.43. The Hall–Kier alpha value is -3.82. The molecule has 2 atom stereocenters. The fourth-order valence-corrected chi connectivity index (χ4v) is 2.80. The van der Waals surface area contributed by atoms with Gasteiger partial charge in [0.25, 0.3) is 5.91 Å². The lowest BCUT2D eigenvalue weighted by atomic mass is 10.0. The summed E-state index contributed by atoms with van der Waals surface area (Å²) < 4.78 is 77.2. The van der Waals surface area contributed by atoms with Crippen LogP contribution in [0.2, 0.25) is 0 Å². The minimum absolute atomic E-state index is 0.0136. The number of likely N-dealkylation sites (tertiary alicyclic amines) is 1. The SMILES string of the molecule is O=C(O)C(F)(F)F.O=C(O)C(F)(F)F.O=C(c1ccncc1F)N1CC[C@H](O)[C@@H]1Cc1cccnc1. The molecule has 198 valence electrons. The number of carboxylic acids is 2. The third-order valence-electron chi connectivity index (χ3n) is 4.43. The normalized spacial score (nSPS) is 17.3. The van der Waals surface area contributed by atoms with Gasteiger partial charge in [0.1, 0.15) is 0 Å². The average molecular weight is 529 g/mol. The van der Waals surface area contributed by atoms with Gasteiger partial charge in [0.15, 0.2) is 5.82 Å². The Kier molecular flexibility index (Phi) is 10.7. The summed E-state index contributed by atoms with van der Waals surface area (Å²) in [5.41, 5.74) is 0.918. The topological polar surface area (TPSA) is 141 Å². The molecule has 2 aromatic heterocycles. The van der Waals surface area contributed by atoms with Crippen LogP contribution in [0, 0.1) is 5.82 Å². The zero-order valence-electron chi connectivity index (χ0n) is 17.9. The van der Waals surface area contributed by atoms with Crippen molar-refractivity contribution >= 4 is 17.8 Å². The maximum absolute atomic E-state index is 13.8. The minimum Gasteiger partial charge on any atom is -0.475 e. The first-order chi connectivity index (χ1) is 16.6. The van der Waals surface area contributed by atoms with Gasteiger partial charge in [-0.25, -0.2) is 14.0 Å². The maximum Gasteiger partial charge on any atom is 0.490 e. The highest BCUT2D eigenvalue weighted by Gasteiger charge is 2.39. The summed E-state index contributed by atoms with van der Waals surface area (Å²) in [6.45, 7) is 0.409. The monoisotopic (exact) mass is 529 g/mol. The van der Waals surface area contributed by atoms with E-state index in [-0.39, 0.29) is 11.6 Å². The number of hydrogen-bond donors (Lipinski definition) is 3. The van der Waals surface area contributed by atoms with Crippen molar-refractivity contribution in [1.29, 1.82) is 0 Å². The van der Waals surface area contributed by atoms with E-state index in [9.17, 15) is 40.6 Å². The van der Waals surface area contributed by atoms with E-state index in [0.29, 0.717) is 19.4 Å². The van der Waals surface area contributed by atoms with Gasteiger partial charge in [-0.05, 0) is 30.5 Å². The number of alkyl halides is 6. The van der Waals surface area contributed by atoms with E-state index in [4.69, 9.17) is 19.8 Å². The van der Waals surface area contributed by atoms with Crippen molar-refractivity contribution in [2.75, 3.05) is 6.54 Å². The number of halogens is 7. The van der Waals surface area contributed by atoms with Gasteiger partial charge in [-0.3, -0.25) is 14.8 Å². The highest BCUT2D eigenvalue weighted by molar-refractivity contribution is 5.94. The van der Waals surface area contributed by atoms with Crippen LogP contribution in [-0.4, -0.2) is 79.1 Å². The van der Waals surface area contributed by atoms with Crippen LogP contribution in [0.15, 0.2) is 43.0 Å². The number of rotatable bonds is 3. The number of carboxylic acid groups (broad SMARTS) is 2. The number of aliphatic hydroxyl groups is 1. The number of aliphatic hydroxyl groups excluding tert-OH is 1. The van der Waals surface area contributed by atoms with Gasteiger partial charge >= 0.3 is 24.3 Å². The number of nitrogens with zero attached hydrogens (tertiary/aromatic N) is 3. The van der Waals surface area contributed by atoms with Gasteiger partial charge in [0.2, 0.25) is 0 Å². The van der Waals surface area contributed by atoms with Crippen LogP contribution in [-0.2, 0) is 16.0 Å². The molecule has 16 heteroatoms. The van der Waals surface area contributed by atoms with Crippen LogP contribution < -0.4 is 0 Å². The maximum atomic E-state index is 13.8. The highest BCUT2D eigenvalue weighted by atomic mass is 19.4. The van der Waals surface area contributed by atoms with Gasteiger partial charge in [-0.1, -0.05) is 6.07 Å². The summed E-state index contributed by atoms with van der Waals surface area (Å²) in [7, 11) is 0. The third kappa shape index (κ3) is 9.44. The standard InChI is InChI=1S/C16H16FN3O2.2C2HF3O2/c17-13-10-19-6-3-12(13)16(22)20-7-4-15(21)14(20)8-11-2-1-5-18-9-11;2*3-2(4,5)1(6)7/h1-3,5-6,9-10,14-15,21H,4,7-8H2;2*(H,6,7)/t14-,15-;;/m0../s1. The Labute approximate surface area is 197 Å². The first kappa shape index (κ1) is 30.2. The number of carbonyl (C=O) groups is 3. The van der Waals surface area contributed by atoms with Crippen LogP contribution in [0.5, 0.6) is 0 Å². The van der Waals surface area contributed by atoms with E-state index in [1.807, 2.05) is 12.1 Å². The van der Waals surface area contributed by atoms with E-state index in [1.54, 1.807) is 12.4 Å². The van der Waals surface area contributed by atoms with Crippen LogP contribution >= 0.6 is 0 Å². The Morgan fingerprint density at radius 2 is 1.47 bits per heavy atom. The molecule has 0 bridgehead atoms. The van der Waals surface area contributed by atoms with Crippen LogP contribution in [0.3, 0.4) is 0 Å². The summed E-state index contributed by atoms with van der Waals surface area (Å²) in [5.74, 6) is -6.57. The van der Waals surface area contributed by atoms with Gasteiger partial charge in [-0.2, -0.15) is 26.3 Å². The second kappa shape index (κ2) is 12.8. The number of amides is 1. The number of carbonyl (C=O) groups excluding carboxylic acids is 1. The molecule has 1 aliphatic rings. The smallest absolute Gasteiger partial charge is 0.475 e. The lowest BCUT2D eigenvalue weighted by Gasteiger charge is -2.26. The van der Waals surface area contributed by atoms with Gasteiger partial charge in [0, 0.05) is 25.1 Å². The van der Waals surface area contributed by atoms with Crippen molar-refractivity contribution in [1.82, 2.24) is 14.9 Å². The number of aliphatic carboxylic acids is 2. The fraction of sp³-hybridized carbons (Fsp3) is 0.350. The van der Waals surface area contributed by atoms with Crippen molar-refractivity contribution in [3.8, 4) is 0 Å². The molecular formula is C20H18F7N3O6. The molecule has 3 rings (SSSR count). The second-order valence-corrected chi connectivity index (χ2v) is 6.95. The lowest BCUT2D eigenvalue weighted by molar-refractivity contribution is -0.193. The van der Waals surface area contributed by atoms with Gasteiger partial charge < -0.3 is 20.2 Å². The summed E-state index contributed by atoms with van der Waals surface area (Å²) in [5, 5.41) is 24.4. The molecule has 9 nitrogen and oxygen atoms in total. The average Bonchev–Trinajstić information content (AvgIpc) is 3.14. The Morgan fingerprint density at radius 3 is 1.92 bits per heavy atom. The molecule has 0 aromatic carbocycles. The van der Waals surface area contributed by atoms with Crippen molar-refractivity contribution in [3.63, 3.8) is 0 Å². The van der Waals surface area contributed by atoms with E-state index in [2.05, 4.69) is 9.97 Å². The highest BCUT2D eigenvalue weighted by Crippen LogP contribution is 2.24. The zero-order valence-corrected chi connectivity index (χ0v) is 17.9. The molecule has 0 saturated carbocycles.